The number of furan rings is 1. The van der Waals surface area contributed by atoms with Crippen LogP contribution in [0, 0.1) is 3.57 Å². The van der Waals surface area contributed by atoms with Gasteiger partial charge in [-0.25, -0.2) is 13.8 Å². The molecule has 0 aromatic carbocycles. The van der Waals surface area contributed by atoms with Gasteiger partial charge in [0, 0.05) is 24.2 Å². The van der Waals surface area contributed by atoms with Crippen molar-refractivity contribution < 1.29 is 22.8 Å². The van der Waals surface area contributed by atoms with Crippen LogP contribution in [-0.2, 0) is 7.05 Å². The number of nitrogens with zero attached hydrogens (tertiary/aromatic N) is 3. The molecule has 154 valence electrons. The molecule has 2 amide bonds. The van der Waals surface area contributed by atoms with Crippen LogP contribution in [0.3, 0.4) is 0 Å². The Morgan fingerprint density at radius 3 is 2.73 bits per heavy atom. The fourth-order valence-corrected chi connectivity index (χ4v) is 4.70. The van der Waals surface area contributed by atoms with E-state index in [1.54, 1.807) is 25.4 Å². The van der Waals surface area contributed by atoms with Crippen LogP contribution in [0.2, 0.25) is 0 Å². The number of aromatic nitrogens is 3. The molecule has 0 fully saturated rings. The van der Waals surface area contributed by atoms with Crippen LogP contribution < -0.4 is 11.1 Å². The first-order chi connectivity index (χ1) is 14.3. The predicted octanol–water partition coefficient (Wildman–Crippen LogP) is 4.18. The number of hydrogen-bond donors (Lipinski definition) is 2. The summed E-state index contributed by atoms with van der Waals surface area (Å²) in [6.07, 6.45) is 0.205. The molecule has 4 aromatic heterocycles. The number of hydrogen-bond acceptors (Lipinski definition) is 6. The van der Waals surface area contributed by atoms with Crippen LogP contribution >= 0.6 is 33.9 Å². The summed E-state index contributed by atoms with van der Waals surface area (Å²) in [5.41, 5.74) is 5.49. The summed E-state index contributed by atoms with van der Waals surface area (Å²) in [4.78, 5) is 29.0. The number of nitrogens with one attached hydrogen (secondary N) is 1. The summed E-state index contributed by atoms with van der Waals surface area (Å²) in [5, 5.41) is 7.05. The van der Waals surface area contributed by atoms with Crippen molar-refractivity contribution >= 4 is 61.6 Å². The molecule has 0 saturated carbocycles. The maximum absolute atomic E-state index is 13.4. The number of carbonyl (C=O) groups excluding carboxylic acids is 2. The first kappa shape index (κ1) is 20.4. The molecule has 8 nitrogen and oxygen atoms in total. The normalized spacial score (nSPS) is 11.4. The van der Waals surface area contributed by atoms with Gasteiger partial charge in [-0.15, -0.1) is 11.3 Å². The van der Waals surface area contributed by atoms with Crippen LogP contribution in [0.1, 0.15) is 32.3 Å². The molecule has 4 aromatic rings. The van der Waals surface area contributed by atoms with E-state index in [9.17, 15) is 18.4 Å². The van der Waals surface area contributed by atoms with Gasteiger partial charge in [-0.3, -0.25) is 14.3 Å². The zero-order valence-electron chi connectivity index (χ0n) is 15.1. The molecule has 4 rings (SSSR count). The Morgan fingerprint density at radius 2 is 2.17 bits per heavy atom. The Hall–Kier alpha value is -2.87. The highest BCUT2D eigenvalue weighted by Gasteiger charge is 2.27. The molecule has 0 aliphatic heterocycles. The van der Waals surface area contributed by atoms with Gasteiger partial charge >= 0.3 is 0 Å². The molecule has 4 heterocycles. The first-order valence-corrected chi connectivity index (χ1v) is 10.3. The first-order valence-electron chi connectivity index (χ1n) is 8.36. The molecule has 0 saturated heterocycles. The van der Waals surface area contributed by atoms with Crippen molar-refractivity contribution in [2.45, 2.75) is 6.43 Å². The van der Waals surface area contributed by atoms with Crippen molar-refractivity contribution in [1.29, 1.82) is 0 Å². The van der Waals surface area contributed by atoms with Crippen LogP contribution in [0.15, 0.2) is 35.1 Å². The summed E-state index contributed by atoms with van der Waals surface area (Å²) in [6, 6.07) is 4.35. The molecule has 0 unspecified atom stereocenters. The highest BCUT2D eigenvalue weighted by atomic mass is 127. The zero-order chi connectivity index (χ0) is 21.6. The third-order valence-electron chi connectivity index (χ3n) is 4.15. The second-order valence-corrected chi connectivity index (χ2v) is 8.34. The van der Waals surface area contributed by atoms with Gasteiger partial charge in [0.2, 0.25) is 0 Å². The molecular formula is C18H12F2IN5O3S. The number of anilines is 1. The number of fused-ring (bicyclic) bond motifs is 1. The van der Waals surface area contributed by atoms with Crippen molar-refractivity contribution in [3.05, 3.63) is 50.5 Å². The Balaban J connectivity index is 1.95. The predicted molar refractivity (Wildman–Crippen MR) is 115 cm³/mol. The maximum atomic E-state index is 13.4. The number of thiophene rings is 1. The van der Waals surface area contributed by atoms with E-state index in [4.69, 9.17) is 10.2 Å². The number of rotatable bonds is 5. The largest absolute Gasteiger partial charge is 0.464 e. The van der Waals surface area contributed by atoms with E-state index in [2.05, 4.69) is 15.4 Å². The second-order valence-electron chi connectivity index (χ2n) is 6.18. The summed E-state index contributed by atoms with van der Waals surface area (Å²) in [7, 11) is 1.67. The van der Waals surface area contributed by atoms with E-state index in [0.717, 1.165) is 11.3 Å². The molecule has 0 bridgehead atoms. The van der Waals surface area contributed by atoms with Gasteiger partial charge in [0.25, 0.3) is 18.2 Å². The minimum Gasteiger partial charge on any atom is -0.464 e. The van der Waals surface area contributed by atoms with Crippen molar-refractivity contribution in [2.75, 3.05) is 5.32 Å². The van der Waals surface area contributed by atoms with Gasteiger partial charge in [0.15, 0.2) is 5.69 Å². The number of carbonyl (C=O) groups is 2. The molecular weight excluding hydrogens is 531 g/mol. The van der Waals surface area contributed by atoms with Gasteiger partial charge < -0.3 is 15.5 Å². The fraction of sp³-hybridized carbons (Fsp3) is 0.111. The van der Waals surface area contributed by atoms with Crippen LogP contribution in [0.4, 0.5) is 14.5 Å². The molecule has 0 spiro atoms. The molecule has 3 N–H and O–H groups in total. The van der Waals surface area contributed by atoms with Gasteiger partial charge in [0.05, 0.1) is 15.5 Å². The van der Waals surface area contributed by atoms with E-state index in [-0.39, 0.29) is 37.8 Å². The summed E-state index contributed by atoms with van der Waals surface area (Å²) in [5.74, 6) is -1.13. The highest BCUT2D eigenvalue weighted by molar-refractivity contribution is 14.1. The number of aryl methyl sites for hydroxylation is 1. The fourth-order valence-electron chi connectivity index (χ4n) is 2.93. The second kappa shape index (κ2) is 7.75. The third-order valence-corrected chi connectivity index (χ3v) is 6.04. The standard InChI is InChI=1S/C18H12F2IN5O3S/c1-26-6-8(21)12(25-26)17(28)24-13-11-7(10-3-2-4-29-10)5-9(15(19)20)23-18(11)30-14(13)16(22)27/h2-6,15H,1H3,(H2,22,27)(H,24,28). The summed E-state index contributed by atoms with van der Waals surface area (Å²) >= 11 is 2.78. The third kappa shape index (κ3) is 3.56. The van der Waals surface area contributed by atoms with Crippen LogP contribution in [-0.4, -0.2) is 26.6 Å². The van der Waals surface area contributed by atoms with E-state index in [1.165, 1.54) is 17.0 Å². The summed E-state index contributed by atoms with van der Waals surface area (Å²) in [6.45, 7) is 0. The number of halogens is 3. The van der Waals surface area contributed by atoms with Crippen molar-refractivity contribution in [1.82, 2.24) is 14.8 Å². The molecule has 0 atom stereocenters. The van der Waals surface area contributed by atoms with E-state index < -0.39 is 23.9 Å². The molecule has 30 heavy (non-hydrogen) atoms. The van der Waals surface area contributed by atoms with Gasteiger partial charge in [-0.2, -0.15) is 5.10 Å². The lowest BCUT2D eigenvalue weighted by Crippen LogP contribution is -2.18. The van der Waals surface area contributed by atoms with Gasteiger partial charge in [0.1, 0.15) is 21.2 Å². The quantitative estimate of drug-likeness (QED) is 0.367. The van der Waals surface area contributed by atoms with Crippen molar-refractivity contribution in [3.8, 4) is 11.3 Å². The number of amides is 2. The molecule has 12 heteroatoms. The van der Waals surface area contributed by atoms with E-state index in [0.29, 0.717) is 3.57 Å². The summed E-state index contributed by atoms with van der Waals surface area (Å²) < 4.78 is 34.3. The van der Waals surface area contributed by atoms with Crippen molar-refractivity contribution in [3.63, 3.8) is 0 Å². The van der Waals surface area contributed by atoms with Crippen LogP contribution in [0.25, 0.3) is 21.5 Å². The lowest BCUT2D eigenvalue weighted by Gasteiger charge is -2.09. The number of alkyl halides is 2. The van der Waals surface area contributed by atoms with E-state index in [1.807, 2.05) is 22.6 Å². The Morgan fingerprint density at radius 1 is 1.40 bits per heavy atom. The lowest BCUT2D eigenvalue weighted by molar-refractivity contribution is 0.100. The lowest BCUT2D eigenvalue weighted by atomic mass is 10.1. The Labute approximate surface area is 185 Å². The topological polar surface area (TPSA) is 116 Å². The minimum absolute atomic E-state index is 0.0176. The molecule has 0 aliphatic carbocycles. The smallest absolute Gasteiger partial charge is 0.280 e. The highest BCUT2D eigenvalue weighted by Crippen LogP contribution is 2.42. The SMILES string of the molecule is Cn1cc(I)c(C(=O)Nc2c(C(N)=O)sc3nc(C(F)F)cc(-c4ccco4)c23)n1. The maximum Gasteiger partial charge on any atom is 0.280 e. The molecule has 0 aliphatic rings. The van der Waals surface area contributed by atoms with Crippen molar-refractivity contribution in [2.24, 2.45) is 12.8 Å². The monoisotopic (exact) mass is 543 g/mol. The number of primary amides is 1. The minimum atomic E-state index is -2.84. The number of pyridine rings is 1. The van der Waals surface area contributed by atoms with Crippen LogP contribution in [0.5, 0.6) is 0 Å². The Bertz CT molecular complexity index is 1280. The average molecular weight is 543 g/mol. The zero-order valence-corrected chi connectivity index (χ0v) is 18.1. The Kier molecular flexibility index (Phi) is 5.27. The van der Waals surface area contributed by atoms with E-state index >= 15 is 0 Å². The number of nitrogens with two attached hydrogens (primary N) is 1. The average Bonchev–Trinajstić information content (AvgIpc) is 3.40. The van der Waals surface area contributed by atoms with Gasteiger partial charge in [-0.05, 0) is 40.8 Å². The van der Waals surface area contributed by atoms with Gasteiger partial charge in [-0.1, -0.05) is 0 Å². The molecule has 0 radical (unpaired) electrons.